The third kappa shape index (κ3) is 3.94. The molecule has 8 heteroatoms. The van der Waals surface area contributed by atoms with Gasteiger partial charge in [0.15, 0.2) is 5.76 Å². The molecule has 2 aromatic carbocycles. The first-order valence-corrected chi connectivity index (χ1v) is 10.8. The van der Waals surface area contributed by atoms with Crippen molar-refractivity contribution in [3.05, 3.63) is 60.8 Å². The standard InChI is InChI=1S/C21H21N3O4S/c22-20(25)16-10-12-24(13-11-16)29(26,27)18-8-6-17(7-9-18)21-23-14-19(28-21)15-4-2-1-3-5-15/h1-9,14,16H,10-13H2,(H2,22,25). The largest absolute Gasteiger partial charge is 0.436 e. The van der Waals surface area contributed by atoms with Gasteiger partial charge in [0.25, 0.3) is 0 Å². The van der Waals surface area contributed by atoms with Crippen LogP contribution in [0.4, 0.5) is 0 Å². The van der Waals surface area contributed by atoms with Crippen molar-refractivity contribution in [3.8, 4) is 22.8 Å². The molecule has 1 aliphatic rings. The minimum absolute atomic E-state index is 0.202. The molecule has 0 atom stereocenters. The minimum Gasteiger partial charge on any atom is -0.436 e. The number of amides is 1. The average molecular weight is 411 g/mol. The molecule has 2 heterocycles. The minimum atomic E-state index is -3.62. The molecule has 0 saturated carbocycles. The molecule has 1 aromatic heterocycles. The van der Waals surface area contributed by atoms with E-state index >= 15 is 0 Å². The zero-order chi connectivity index (χ0) is 20.4. The lowest BCUT2D eigenvalue weighted by molar-refractivity contribution is -0.122. The number of primary amides is 1. The van der Waals surface area contributed by atoms with Gasteiger partial charge in [0.1, 0.15) is 0 Å². The van der Waals surface area contributed by atoms with Crippen LogP contribution in [-0.4, -0.2) is 36.7 Å². The Morgan fingerprint density at radius 2 is 1.66 bits per heavy atom. The molecule has 7 nitrogen and oxygen atoms in total. The summed E-state index contributed by atoms with van der Waals surface area (Å²) in [6, 6.07) is 16.1. The van der Waals surface area contributed by atoms with E-state index in [2.05, 4.69) is 4.98 Å². The second-order valence-electron chi connectivity index (χ2n) is 7.00. The van der Waals surface area contributed by atoms with E-state index in [9.17, 15) is 13.2 Å². The summed E-state index contributed by atoms with van der Waals surface area (Å²) in [5.74, 6) is 0.449. The predicted octanol–water partition coefficient (Wildman–Crippen LogP) is 2.89. The number of hydrogen-bond acceptors (Lipinski definition) is 5. The van der Waals surface area contributed by atoms with Crippen molar-refractivity contribution in [2.75, 3.05) is 13.1 Å². The van der Waals surface area contributed by atoms with Crippen molar-refractivity contribution in [1.29, 1.82) is 0 Å². The van der Waals surface area contributed by atoms with Gasteiger partial charge in [-0.05, 0) is 37.1 Å². The van der Waals surface area contributed by atoms with Gasteiger partial charge < -0.3 is 10.2 Å². The normalized spacial score (nSPS) is 16.0. The Labute approximate surface area is 169 Å². The Morgan fingerprint density at radius 3 is 2.28 bits per heavy atom. The zero-order valence-electron chi connectivity index (χ0n) is 15.7. The van der Waals surface area contributed by atoms with E-state index < -0.39 is 10.0 Å². The maximum absolute atomic E-state index is 12.9. The molecule has 1 saturated heterocycles. The summed E-state index contributed by atoms with van der Waals surface area (Å²) < 4.78 is 33.0. The van der Waals surface area contributed by atoms with E-state index in [1.165, 1.54) is 4.31 Å². The molecule has 1 amide bonds. The van der Waals surface area contributed by atoms with Crippen molar-refractivity contribution in [2.24, 2.45) is 11.7 Å². The predicted molar refractivity (Wildman–Crippen MR) is 108 cm³/mol. The first kappa shape index (κ1) is 19.4. The van der Waals surface area contributed by atoms with Crippen molar-refractivity contribution in [3.63, 3.8) is 0 Å². The first-order chi connectivity index (χ1) is 13.9. The summed E-state index contributed by atoms with van der Waals surface area (Å²) in [4.78, 5) is 15.8. The van der Waals surface area contributed by atoms with Crippen LogP contribution in [0.25, 0.3) is 22.8 Å². The van der Waals surface area contributed by atoms with Crippen LogP contribution in [0.15, 0.2) is 70.1 Å². The van der Waals surface area contributed by atoms with Crippen LogP contribution in [-0.2, 0) is 14.8 Å². The van der Waals surface area contributed by atoms with Gasteiger partial charge >= 0.3 is 0 Å². The topological polar surface area (TPSA) is 106 Å². The number of oxazole rings is 1. The number of benzene rings is 2. The summed E-state index contributed by atoms with van der Waals surface area (Å²) in [7, 11) is -3.62. The lowest BCUT2D eigenvalue weighted by Crippen LogP contribution is -2.41. The highest BCUT2D eigenvalue weighted by Gasteiger charge is 2.31. The second kappa shape index (κ2) is 7.81. The van der Waals surface area contributed by atoms with Gasteiger partial charge in [-0.3, -0.25) is 4.79 Å². The number of sulfonamides is 1. The molecule has 0 bridgehead atoms. The fourth-order valence-corrected chi connectivity index (χ4v) is 4.91. The number of aromatic nitrogens is 1. The molecule has 4 rings (SSSR count). The summed E-state index contributed by atoms with van der Waals surface area (Å²) in [5, 5.41) is 0. The van der Waals surface area contributed by atoms with Crippen LogP contribution >= 0.6 is 0 Å². The second-order valence-corrected chi connectivity index (χ2v) is 8.94. The third-order valence-corrected chi connectivity index (χ3v) is 7.07. The SMILES string of the molecule is NC(=O)C1CCN(S(=O)(=O)c2ccc(-c3ncc(-c4ccccc4)o3)cc2)CC1. The molecule has 1 fully saturated rings. The number of carbonyl (C=O) groups is 1. The van der Waals surface area contributed by atoms with Crippen molar-refractivity contribution in [2.45, 2.75) is 17.7 Å². The van der Waals surface area contributed by atoms with E-state index in [1.807, 2.05) is 30.3 Å². The smallest absolute Gasteiger partial charge is 0.243 e. The number of nitrogens with zero attached hydrogens (tertiary/aromatic N) is 2. The average Bonchev–Trinajstić information content (AvgIpc) is 3.25. The van der Waals surface area contributed by atoms with Gasteiger partial charge in [0, 0.05) is 30.1 Å². The van der Waals surface area contributed by atoms with Crippen LogP contribution in [0.1, 0.15) is 12.8 Å². The van der Waals surface area contributed by atoms with E-state index in [-0.39, 0.29) is 29.8 Å². The van der Waals surface area contributed by atoms with Crippen molar-refractivity contribution in [1.82, 2.24) is 9.29 Å². The van der Waals surface area contributed by atoms with Crippen LogP contribution in [0.3, 0.4) is 0 Å². The maximum atomic E-state index is 12.9. The highest BCUT2D eigenvalue weighted by molar-refractivity contribution is 7.89. The fourth-order valence-electron chi connectivity index (χ4n) is 3.44. The molecule has 0 aliphatic carbocycles. The van der Waals surface area contributed by atoms with E-state index in [1.54, 1.807) is 30.5 Å². The summed E-state index contributed by atoms with van der Waals surface area (Å²) >= 11 is 0. The van der Waals surface area contributed by atoms with E-state index in [0.29, 0.717) is 30.1 Å². The Balaban J connectivity index is 1.51. The lowest BCUT2D eigenvalue weighted by Gasteiger charge is -2.29. The van der Waals surface area contributed by atoms with Gasteiger partial charge in [0.05, 0.1) is 11.1 Å². The first-order valence-electron chi connectivity index (χ1n) is 9.36. The Morgan fingerprint density at radius 1 is 1.00 bits per heavy atom. The number of piperidine rings is 1. The van der Waals surface area contributed by atoms with Gasteiger partial charge in [0.2, 0.25) is 21.8 Å². The Kier molecular flexibility index (Phi) is 5.21. The number of nitrogens with two attached hydrogens (primary N) is 1. The van der Waals surface area contributed by atoms with Gasteiger partial charge in [-0.2, -0.15) is 4.31 Å². The number of carbonyl (C=O) groups excluding carboxylic acids is 1. The fraction of sp³-hybridized carbons (Fsp3) is 0.238. The van der Waals surface area contributed by atoms with Crippen LogP contribution < -0.4 is 5.73 Å². The number of rotatable bonds is 5. The summed E-state index contributed by atoms with van der Waals surface area (Å²) in [5.41, 5.74) is 6.94. The molecule has 3 aromatic rings. The molecule has 0 radical (unpaired) electrons. The van der Waals surface area contributed by atoms with Gasteiger partial charge in [-0.15, -0.1) is 0 Å². The van der Waals surface area contributed by atoms with Crippen molar-refractivity contribution < 1.29 is 17.6 Å². The van der Waals surface area contributed by atoms with Crippen molar-refractivity contribution >= 4 is 15.9 Å². The van der Waals surface area contributed by atoms with Crippen LogP contribution in [0.2, 0.25) is 0 Å². The Bertz CT molecular complexity index is 1100. The van der Waals surface area contributed by atoms with Crippen LogP contribution in [0.5, 0.6) is 0 Å². The van der Waals surface area contributed by atoms with Crippen LogP contribution in [0, 0.1) is 5.92 Å². The molecule has 0 unspecified atom stereocenters. The monoisotopic (exact) mass is 411 g/mol. The third-order valence-electron chi connectivity index (χ3n) is 5.16. The molecular formula is C21H21N3O4S. The van der Waals surface area contributed by atoms with Gasteiger partial charge in [-0.1, -0.05) is 30.3 Å². The van der Waals surface area contributed by atoms with E-state index in [0.717, 1.165) is 5.56 Å². The maximum Gasteiger partial charge on any atom is 0.243 e. The molecule has 2 N–H and O–H groups in total. The number of hydrogen-bond donors (Lipinski definition) is 1. The van der Waals surface area contributed by atoms with E-state index in [4.69, 9.17) is 10.2 Å². The zero-order valence-corrected chi connectivity index (χ0v) is 16.5. The molecule has 150 valence electrons. The summed E-state index contributed by atoms with van der Waals surface area (Å²) in [6.45, 7) is 0.579. The molecule has 0 spiro atoms. The highest BCUT2D eigenvalue weighted by atomic mass is 32.2. The summed E-state index contributed by atoms with van der Waals surface area (Å²) in [6.07, 6.45) is 2.55. The van der Waals surface area contributed by atoms with Gasteiger partial charge in [-0.25, -0.2) is 13.4 Å². The molecular weight excluding hydrogens is 390 g/mol. The quantitative estimate of drug-likeness (QED) is 0.695. The molecule has 29 heavy (non-hydrogen) atoms. The molecule has 1 aliphatic heterocycles. The highest BCUT2D eigenvalue weighted by Crippen LogP contribution is 2.28. The lowest BCUT2D eigenvalue weighted by atomic mass is 9.98. The Hall–Kier alpha value is -2.97.